The molecule has 39 heavy (non-hydrogen) atoms. The van der Waals surface area contributed by atoms with Gasteiger partial charge in [0, 0.05) is 30.9 Å². The van der Waals surface area contributed by atoms with Crippen molar-refractivity contribution in [3.05, 3.63) is 66.0 Å². The first-order valence-electron chi connectivity index (χ1n) is 11.2. The Hall–Kier alpha value is -4.49. The maximum atomic E-state index is 13.0. The van der Waals surface area contributed by atoms with Gasteiger partial charge in [-0.25, -0.2) is 23.1 Å². The molecule has 12 nitrogen and oxygen atoms in total. The third-order valence-electron chi connectivity index (χ3n) is 5.53. The molecule has 0 atom stereocenters. The number of carbonyl (C=O) groups excluding carboxylic acids is 1. The van der Waals surface area contributed by atoms with Crippen LogP contribution < -0.4 is 29.1 Å². The van der Waals surface area contributed by atoms with Gasteiger partial charge in [-0.05, 0) is 42.0 Å². The summed E-state index contributed by atoms with van der Waals surface area (Å²) in [5.74, 6) is 1.55. The lowest BCUT2D eigenvalue weighted by molar-refractivity contribution is 0.250. The molecule has 0 fully saturated rings. The Balaban J connectivity index is 1.76. The van der Waals surface area contributed by atoms with Crippen LogP contribution in [0.5, 0.6) is 17.2 Å². The molecule has 0 spiro atoms. The molecular weight excluding hydrogens is 550 g/mol. The number of hydrogen-bond acceptors (Lipinski definition) is 9. The maximum Gasteiger partial charge on any atom is 0.327 e. The highest BCUT2D eigenvalue weighted by molar-refractivity contribution is 7.92. The topological polar surface area (TPSA) is 145 Å². The monoisotopic (exact) mass is 573 g/mol. The summed E-state index contributed by atoms with van der Waals surface area (Å²) < 4.78 is 48.6. The Labute approximate surface area is 229 Å². The number of rotatable bonds is 9. The number of benzene rings is 2. The lowest BCUT2D eigenvalue weighted by Crippen LogP contribution is -2.35. The number of aromatic nitrogens is 2. The number of urea groups is 1. The van der Waals surface area contributed by atoms with Crippen molar-refractivity contribution in [2.45, 2.75) is 4.90 Å². The van der Waals surface area contributed by atoms with E-state index in [1.54, 1.807) is 44.6 Å². The molecule has 0 saturated carbocycles. The lowest BCUT2D eigenvalue weighted by Gasteiger charge is -2.24. The van der Waals surface area contributed by atoms with Crippen LogP contribution >= 0.6 is 11.6 Å². The minimum atomic E-state index is -4.00. The van der Waals surface area contributed by atoms with E-state index < -0.39 is 16.1 Å². The molecule has 2 aromatic heterocycles. The predicted molar refractivity (Wildman–Crippen MR) is 145 cm³/mol. The fourth-order valence-electron chi connectivity index (χ4n) is 3.64. The van der Waals surface area contributed by atoms with Crippen LogP contribution in [0.2, 0.25) is 5.02 Å². The van der Waals surface area contributed by atoms with Gasteiger partial charge in [-0.2, -0.15) is 0 Å². The summed E-state index contributed by atoms with van der Waals surface area (Å²) in [5, 5.41) is 6.38. The molecule has 4 rings (SSSR count). The molecule has 14 heteroatoms. The molecule has 0 radical (unpaired) electrons. The van der Waals surface area contributed by atoms with E-state index in [2.05, 4.69) is 24.7 Å². The fourth-order valence-corrected chi connectivity index (χ4v) is 4.84. The summed E-state index contributed by atoms with van der Waals surface area (Å²) in [6, 6.07) is 12.0. The van der Waals surface area contributed by atoms with Crippen LogP contribution in [-0.4, -0.2) is 53.0 Å². The van der Waals surface area contributed by atoms with Gasteiger partial charge in [-0.15, -0.1) is 0 Å². The van der Waals surface area contributed by atoms with Crippen molar-refractivity contribution < 1.29 is 31.9 Å². The van der Waals surface area contributed by atoms with Gasteiger partial charge in [-0.3, -0.25) is 4.72 Å². The van der Waals surface area contributed by atoms with Gasteiger partial charge < -0.3 is 24.1 Å². The number of halogens is 1. The molecule has 2 aromatic carbocycles. The number of pyridine rings is 1. The summed E-state index contributed by atoms with van der Waals surface area (Å²) in [4.78, 5) is 18.3. The van der Waals surface area contributed by atoms with Crippen LogP contribution in [0.1, 0.15) is 0 Å². The largest absolute Gasteiger partial charge is 0.497 e. The van der Waals surface area contributed by atoms with Gasteiger partial charge in [0.05, 0.1) is 32.0 Å². The molecule has 204 valence electrons. The minimum Gasteiger partial charge on any atom is -0.497 e. The minimum absolute atomic E-state index is 0.0131. The van der Waals surface area contributed by atoms with Gasteiger partial charge in [0.1, 0.15) is 34.2 Å². The molecule has 2 N–H and O–H groups in total. The Morgan fingerprint density at radius 3 is 2.26 bits per heavy atom. The number of carbonyl (C=O) groups is 1. The number of anilines is 3. The number of nitrogens with one attached hydrogen (secondary N) is 2. The van der Waals surface area contributed by atoms with Crippen molar-refractivity contribution in [1.29, 1.82) is 0 Å². The number of nitrogens with zero attached hydrogens (tertiary/aromatic N) is 3. The lowest BCUT2D eigenvalue weighted by atomic mass is 10.0. The average Bonchev–Trinajstić information content (AvgIpc) is 3.45. The van der Waals surface area contributed by atoms with Crippen LogP contribution in [0.15, 0.2) is 70.4 Å². The first-order chi connectivity index (χ1) is 18.7. The second-order valence-electron chi connectivity index (χ2n) is 7.84. The van der Waals surface area contributed by atoms with Gasteiger partial charge in [0.25, 0.3) is 10.0 Å². The maximum absolute atomic E-state index is 13.0. The second-order valence-corrected chi connectivity index (χ2v) is 9.93. The summed E-state index contributed by atoms with van der Waals surface area (Å²) in [7, 11) is 1.97. The Kier molecular flexibility index (Phi) is 8.12. The molecule has 2 heterocycles. The number of amides is 2. The highest BCUT2D eigenvalue weighted by Gasteiger charge is 2.25. The summed E-state index contributed by atoms with van der Waals surface area (Å²) in [6.07, 6.45) is 2.34. The van der Waals surface area contributed by atoms with E-state index in [1.165, 1.54) is 43.5 Å². The van der Waals surface area contributed by atoms with Gasteiger partial charge in [0.15, 0.2) is 5.82 Å². The molecule has 0 aliphatic carbocycles. The van der Waals surface area contributed by atoms with E-state index in [4.69, 9.17) is 25.8 Å². The zero-order chi connectivity index (χ0) is 28.2. The van der Waals surface area contributed by atoms with Crippen LogP contribution in [0, 0.1) is 0 Å². The zero-order valence-electron chi connectivity index (χ0n) is 21.3. The molecule has 4 aromatic rings. The number of ether oxygens (including phenoxy) is 3. The van der Waals surface area contributed by atoms with E-state index in [9.17, 15) is 13.2 Å². The Bertz CT molecular complexity index is 1560. The number of sulfonamides is 1. The van der Waals surface area contributed by atoms with Crippen LogP contribution in [0.4, 0.5) is 22.1 Å². The van der Waals surface area contributed by atoms with Crippen molar-refractivity contribution >= 4 is 45.0 Å². The SMILES string of the molecule is CNC(=O)N(c1ccc(S(=O)(=O)Nc2ccon2)cn1)c1cc(Cl)c(-c2cc(OC)cc(OC)c2)cc1OC. The normalized spacial score (nSPS) is 11.0. The van der Waals surface area contributed by atoms with Crippen molar-refractivity contribution in [2.75, 3.05) is 38.0 Å². The first-order valence-corrected chi connectivity index (χ1v) is 13.1. The highest BCUT2D eigenvalue weighted by atomic mass is 35.5. The number of hydrogen-bond donors (Lipinski definition) is 2. The highest BCUT2D eigenvalue weighted by Crippen LogP contribution is 2.42. The summed E-state index contributed by atoms with van der Waals surface area (Å²) >= 11 is 6.70. The average molecular weight is 574 g/mol. The standard InChI is InChI=1S/C25H24ClN5O7S/c1-27-25(32)31(24-6-5-18(14-28-24)39(33,34)30-23-7-8-38-29-23)21-13-20(26)19(12-22(21)37-4)15-9-16(35-2)11-17(10-15)36-3/h5-14H,1-4H3,(H,27,32)(H,29,30). The quantitative estimate of drug-likeness (QED) is 0.291. The van der Waals surface area contributed by atoms with E-state index >= 15 is 0 Å². The molecular formula is C25H24ClN5O7S. The predicted octanol–water partition coefficient (Wildman–Crippen LogP) is 4.69. The first kappa shape index (κ1) is 27.5. The summed E-state index contributed by atoms with van der Waals surface area (Å²) in [5.41, 5.74) is 1.56. The zero-order valence-corrected chi connectivity index (χ0v) is 22.8. The smallest absolute Gasteiger partial charge is 0.327 e. The van der Waals surface area contributed by atoms with Crippen molar-refractivity contribution in [1.82, 2.24) is 15.5 Å². The molecule has 0 bridgehead atoms. The Morgan fingerprint density at radius 1 is 1.00 bits per heavy atom. The molecule has 2 amide bonds. The van der Waals surface area contributed by atoms with Gasteiger partial charge >= 0.3 is 6.03 Å². The van der Waals surface area contributed by atoms with E-state index in [0.717, 1.165) is 6.20 Å². The molecule has 0 aliphatic rings. The van der Waals surface area contributed by atoms with Gasteiger partial charge in [0.2, 0.25) is 0 Å². The van der Waals surface area contributed by atoms with E-state index in [0.29, 0.717) is 33.4 Å². The second kappa shape index (κ2) is 11.5. The van der Waals surface area contributed by atoms with E-state index in [1.807, 2.05) is 0 Å². The summed E-state index contributed by atoms with van der Waals surface area (Å²) in [6.45, 7) is 0. The third kappa shape index (κ3) is 5.84. The van der Waals surface area contributed by atoms with E-state index in [-0.39, 0.29) is 22.2 Å². The molecule has 0 saturated heterocycles. The van der Waals surface area contributed by atoms with Crippen molar-refractivity contribution in [3.8, 4) is 28.4 Å². The Morgan fingerprint density at radius 2 is 1.72 bits per heavy atom. The fraction of sp³-hybridized carbons (Fsp3) is 0.160. The van der Waals surface area contributed by atoms with Crippen LogP contribution in [-0.2, 0) is 10.0 Å². The van der Waals surface area contributed by atoms with Crippen LogP contribution in [0.25, 0.3) is 11.1 Å². The van der Waals surface area contributed by atoms with Crippen LogP contribution in [0.3, 0.4) is 0 Å². The van der Waals surface area contributed by atoms with Crippen molar-refractivity contribution in [2.24, 2.45) is 0 Å². The number of methoxy groups -OCH3 is 3. The third-order valence-corrected chi connectivity index (χ3v) is 7.18. The molecule has 0 aliphatic heterocycles. The van der Waals surface area contributed by atoms with Crippen molar-refractivity contribution in [3.63, 3.8) is 0 Å². The molecule has 0 unspecified atom stereocenters. The van der Waals surface area contributed by atoms with Gasteiger partial charge in [-0.1, -0.05) is 16.8 Å².